The average Bonchev–Trinajstić information content (AvgIpc) is 2.78. The Balaban J connectivity index is 1.96. The Bertz CT molecular complexity index is 492. The van der Waals surface area contributed by atoms with Crippen LogP contribution in [0.25, 0.3) is 0 Å². The highest BCUT2D eigenvalue weighted by molar-refractivity contribution is 5.17. The van der Waals surface area contributed by atoms with Crippen LogP contribution in [0, 0.1) is 0 Å². The molecule has 1 atom stereocenters. The summed E-state index contributed by atoms with van der Waals surface area (Å²) in [4.78, 5) is 0. The van der Waals surface area contributed by atoms with E-state index in [-0.39, 0.29) is 0 Å². The number of rotatable bonds is 21. The predicted molar refractivity (Wildman–Crippen MR) is 141 cm³/mol. The zero-order valence-electron chi connectivity index (χ0n) is 21.8. The van der Waals surface area contributed by atoms with Gasteiger partial charge in [-0.15, -0.1) is 0 Å². The van der Waals surface area contributed by atoms with Crippen molar-refractivity contribution < 1.29 is 4.48 Å². The standard InChI is InChI=1S/C30H56N/c1-5-7-8-9-10-11-12-13-14-15-16-17-18-19-20-21-25-28-30(31(3,4)6-2)29-26-23-22-24-27-29/h22-24,26-27,30H,5-21,25,28H2,1-4H3/q+1. The topological polar surface area (TPSA) is 0 Å². The van der Waals surface area contributed by atoms with E-state index in [0.29, 0.717) is 6.04 Å². The quantitative estimate of drug-likeness (QED) is 0.134. The summed E-state index contributed by atoms with van der Waals surface area (Å²) in [5, 5.41) is 0. The number of benzene rings is 1. The molecule has 0 heterocycles. The smallest absolute Gasteiger partial charge is 0.114 e. The van der Waals surface area contributed by atoms with E-state index in [4.69, 9.17) is 0 Å². The Hall–Kier alpha value is -0.820. The van der Waals surface area contributed by atoms with Gasteiger partial charge < -0.3 is 4.48 Å². The summed E-state index contributed by atoms with van der Waals surface area (Å²) < 4.78 is 1.10. The van der Waals surface area contributed by atoms with Crippen molar-refractivity contribution in [2.45, 2.75) is 135 Å². The Kier molecular flexibility index (Phi) is 17.0. The normalized spacial score (nSPS) is 12.9. The zero-order valence-corrected chi connectivity index (χ0v) is 21.8. The molecule has 1 unspecified atom stereocenters. The maximum atomic E-state index is 2.39. The van der Waals surface area contributed by atoms with E-state index < -0.39 is 0 Å². The third kappa shape index (κ3) is 14.0. The summed E-state index contributed by atoms with van der Waals surface area (Å²) in [6.45, 7) is 5.82. The predicted octanol–water partition coefficient (Wildman–Crippen LogP) is 9.87. The molecule has 1 rings (SSSR count). The molecule has 0 radical (unpaired) electrons. The molecule has 0 fully saturated rings. The molecule has 1 nitrogen and oxygen atoms in total. The third-order valence-corrected chi connectivity index (χ3v) is 7.42. The lowest BCUT2D eigenvalue weighted by atomic mass is 9.96. The summed E-state index contributed by atoms with van der Waals surface area (Å²) >= 11 is 0. The van der Waals surface area contributed by atoms with Gasteiger partial charge in [-0.05, 0) is 13.3 Å². The summed E-state index contributed by atoms with van der Waals surface area (Å²) in [5.74, 6) is 0. The van der Waals surface area contributed by atoms with Crippen molar-refractivity contribution in [2.24, 2.45) is 0 Å². The number of unbranched alkanes of at least 4 members (excludes halogenated alkanes) is 16. The van der Waals surface area contributed by atoms with Gasteiger partial charge in [0.05, 0.1) is 20.6 Å². The van der Waals surface area contributed by atoms with Crippen LogP contribution in [0.2, 0.25) is 0 Å². The van der Waals surface area contributed by atoms with Crippen LogP contribution in [0.1, 0.15) is 141 Å². The van der Waals surface area contributed by atoms with Gasteiger partial charge in [0.15, 0.2) is 0 Å². The lowest BCUT2D eigenvalue weighted by Gasteiger charge is -2.37. The molecule has 0 spiro atoms. The van der Waals surface area contributed by atoms with Gasteiger partial charge in [-0.25, -0.2) is 0 Å². The Morgan fingerprint density at radius 1 is 0.548 bits per heavy atom. The maximum absolute atomic E-state index is 2.39. The van der Waals surface area contributed by atoms with Crippen LogP contribution >= 0.6 is 0 Å². The van der Waals surface area contributed by atoms with Gasteiger partial charge in [0.1, 0.15) is 6.04 Å². The van der Waals surface area contributed by atoms with E-state index >= 15 is 0 Å². The van der Waals surface area contributed by atoms with E-state index in [9.17, 15) is 0 Å². The Morgan fingerprint density at radius 2 is 0.935 bits per heavy atom. The van der Waals surface area contributed by atoms with Gasteiger partial charge in [0.2, 0.25) is 0 Å². The molecule has 1 aromatic carbocycles. The van der Waals surface area contributed by atoms with Crippen molar-refractivity contribution in [3.05, 3.63) is 35.9 Å². The van der Waals surface area contributed by atoms with Crippen LogP contribution in [-0.2, 0) is 0 Å². The molecular formula is C30H56N+. The molecule has 0 saturated carbocycles. The molecule has 0 aliphatic heterocycles. The molecule has 0 N–H and O–H groups in total. The first-order valence-electron chi connectivity index (χ1n) is 14.0. The van der Waals surface area contributed by atoms with E-state index in [2.05, 4.69) is 58.3 Å². The summed E-state index contributed by atoms with van der Waals surface area (Å²) in [6, 6.07) is 11.8. The van der Waals surface area contributed by atoms with Crippen LogP contribution in [-0.4, -0.2) is 25.1 Å². The number of hydrogen-bond acceptors (Lipinski definition) is 0. The minimum atomic E-state index is 0.641. The lowest BCUT2D eigenvalue weighted by Crippen LogP contribution is -2.42. The fourth-order valence-electron chi connectivity index (χ4n) is 4.88. The average molecular weight is 431 g/mol. The molecule has 0 aromatic heterocycles. The first kappa shape index (κ1) is 28.2. The van der Waals surface area contributed by atoms with Gasteiger partial charge in [0, 0.05) is 12.0 Å². The van der Waals surface area contributed by atoms with Crippen LogP contribution < -0.4 is 0 Å². The minimum Gasteiger partial charge on any atom is -0.323 e. The van der Waals surface area contributed by atoms with Crippen LogP contribution in [0.5, 0.6) is 0 Å². The zero-order chi connectivity index (χ0) is 22.6. The van der Waals surface area contributed by atoms with Crippen molar-refractivity contribution in [3.8, 4) is 0 Å². The molecular weight excluding hydrogens is 374 g/mol. The summed E-state index contributed by atoms with van der Waals surface area (Å²) in [5.41, 5.74) is 1.52. The van der Waals surface area contributed by atoms with Crippen molar-refractivity contribution in [3.63, 3.8) is 0 Å². The Labute approximate surface area is 196 Å². The molecule has 0 amide bonds. The van der Waals surface area contributed by atoms with Gasteiger partial charge in [-0.3, -0.25) is 0 Å². The Morgan fingerprint density at radius 3 is 1.32 bits per heavy atom. The number of nitrogens with zero attached hydrogens (tertiary/aromatic N) is 1. The van der Waals surface area contributed by atoms with E-state index in [1.807, 2.05) is 0 Å². The molecule has 0 aliphatic rings. The molecule has 0 bridgehead atoms. The highest BCUT2D eigenvalue weighted by atomic mass is 15.3. The van der Waals surface area contributed by atoms with Crippen molar-refractivity contribution in [2.75, 3.05) is 20.6 Å². The second-order valence-electron chi connectivity index (χ2n) is 10.5. The van der Waals surface area contributed by atoms with Crippen molar-refractivity contribution >= 4 is 0 Å². The van der Waals surface area contributed by atoms with Gasteiger partial charge in [0.25, 0.3) is 0 Å². The van der Waals surface area contributed by atoms with Crippen molar-refractivity contribution in [1.29, 1.82) is 0 Å². The largest absolute Gasteiger partial charge is 0.323 e. The summed E-state index contributed by atoms with van der Waals surface area (Å²) in [7, 11) is 4.79. The molecule has 0 saturated heterocycles. The lowest BCUT2D eigenvalue weighted by molar-refractivity contribution is -0.920. The summed E-state index contributed by atoms with van der Waals surface area (Å²) in [6.07, 6.45) is 25.9. The second kappa shape index (κ2) is 18.7. The third-order valence-electron chi connectivity index (χ3n) is 7.42. The molecule has 1 heteroatoms. The fourth-order valence-corrected chi connectivity index (χ4v) is 4.88. The van der Waals surface area contributed by atoms with Crippen LogP contribution in [0.15, 0.2) is 30.3 Å². The van der Waals surface area contributed by atoms with Crippen LogP contribution in [0.4, 0.5) is 0 Å². The van der Waals surface area contributed by atoms with Gasteiger partial charge in [-0.1, -0.05) is 140 Å². The highest BCUT2D eigenvalue weighted by Gasteiger charge is 2.27. The highest BCUT2D eigenvalue weighted by Crippen LogP contribution is 2.30. The van der Waals surface area contributed by atoms with Crippen molar-refractivity contribution in [1.82, 2.24) is 0 Å². The second-order valence-corrected chi connectivity index (χ2v) is 10.5. The minimum absolute atomic E-state index is 0.641. The van der Waals surface area contributed by atoms with Gasteiger partial charge >= 0.3 is 0 Å². The number of hydrogen-bond donors (Lipinski definition) is 0. The van der Waals surface area contributed by atoms with E-state index in [1.165, 1.54) is 128 Å². The molecule has 1 aromatic rings. The van der Waals surface area contributed by atoms with E-state index in [0.717, 1.165) is 4.48 Å². The van der Waals surface area contributed by atoms with E-state index in [1.54, 1.807) is 0 Å². The molecule has 180 valence electrons. The van der Waals surface area contributed by atoms with Crippen LogP contribution in [0.3, 0.4) is 0 Å². The monoisotopic (exact) mass is 430 g/mol. The molecule has 31 heavy (non-hydrogen) atoms. The number of quaternary nitrogens is 1. The first-order chi connectivity index (χ1) is 15.1. The SMILES string of the molecule is CCCCCCCCCCCCCCCCCCCC(c1ccccc1)[N+](C)(C)CC. The first-order valence-corrected chi connectivity index (χ1v) is 14.0. The molecule has 0 aliphatic carbocycles. The maximum Gasteiger partial charge on any atom is 0.114 e. The fraction of sp³-hybridized carbons (Fsp3) is 0.800. The van der Waals surface area contributed by atoms with Gasteiger partial charge in [-0.2, -0.15) is 0 Å².